The maximum atomic E-state index is 12.3. The lowest BCUT2D eigenvalue weighted by Gasteiger charge is -1.97. The Hall–Kier alpha value is -1.51. The van der Waals surface area contributed by atoms with Crippen LogP contribution in [0.5, 0.6) is 5.75 Å². The summed E-state index contributed by atoms with van der Waals surface area (Å²) in [6, 6.07) is 6.63. The van der Waals surface area contributed by atoms with Crippen LogP contribution in [0.15, 0.2) is 30.5 Å². The van der Waals surface area contributed by atoms with E-state index in [9.17, 15) is 4.39 Å². The first-order valence-electron chi connectivity index (χ1n) is 3.65. The number of alkyl halides is 1. The molecule has 2 aromatic rings. The van der Waals surface area contributed by atoms with Crippen LogP contribution < -0.4 is 0 Å². The maximum Gasteiger partial charge on any atom is 0.165 e. The maximum absolute atomic E-state index is 12.3. The number of phenols is 1. The van der Waals surface area contributed by atoms with Crippen LogP contribution in [0.1, 0.15) is 0 Å². The highest BCUT2D eigenvalue weighted by atomic mass is 19.1. The molecule has 0 aliphatic heterocycles. The van der Waals surface area contributed by atoms with Crippen LogP contribution in [0, 0.1) is 0 Å². The number of halogens is 1. The van der Waals surface area contributed by atoms with Gasteiger partial charge in [0.2, 0.25) is 0 Å². The molecule has 0 saturated heterocycles. The molecule has 1 N–H and O–H groups in total. The first kappa shape index (κ1) is 7.16. The molecule has 0 unspecified atom stereocenters. The Bertz CT molecular complexity index is 408. The van der Waals surface area contributed by atoms with Gasteiger partial charge in [-0.05, 0) is 24.3 Å². The normalized spacial score (nSPS) is 10.8. The summed E-state index contributed by atoms with van der Waals surface area (Å²) in [7, 11) is 0. The van der Waals surface area contributed by atoms with Gasteiger partial charge in [0, 0.05) is 11.6 Å². The molecule has 0 aliphatic carbocycles. The van der Waals surface area contributed by atoms with Crippen molar-refractivity contribution < 1.29 is 9.50 Å². The number of nitrogens with zero attached hydrogens (tertiary/aromatic N) is 1. The van der Waals surface area contributed by atoms with Crippen molar-refractivity contribution >= 4 is 10.9 Å². The van der Waals surface area contributed by atoms with Crippen LogP contribution in [0.25, 0.3) is 10.9 Å². The van der Waals surface area contributed by atoms with E-state index in [1.807, 2.05) is 0 Å². The molecule has 1 aromatic heterocycles. The van der Waals surface area contributed by atoms with Crippen LogP contribution in [0.3, 0.4) is 0 Å². The van der Waals surface area contributed by atoms with Gasteiger partial charge in [-0.2, -0.15) is 0 Å². The predicted octanol–water partition coefficient (Wildman–Crippen LogP) is 2.27. The summed E-state index contributed by atoms with van der Waals surface area (Å²) < 4.78 is 13.8. The average Bonchev–Trinajstić information content (AvgIpc) is 2.46. The monoisotopic (exact) mass is 165 g/mol. The van der Waals surface area contributed by atoms with Crippen LogP contribution in [0.2, 0.25) is 0 Å². The molecule has 1 aromatic carbocycles. The highest BCUT2D eigenvalue weighted by molar-refractivity contribution is 5.81. The summed E-state index contributed by atoms with van der Waals surface area (Å²) in [5, 5.41) is 9.96. The number of aromatic nitrogens is 1. The molecule has 0 spiro atoms. The minimum Gasteiger partial charge on any atom is -0.508 e. The summed E-state index contributed by atoms with van der Waals surface area (Å²) in [4.78, 5) is 0. The van der Waals surface area contributed by atoms with E-state index in [0.717, 1.165) is 10.9 Å². The zero-order valence-electron chi connectivity index (χ0n) is 6.37. The number of hydrogen-bond donors (Lipinski definition) is 1. The van der Waals surface area contributed by atoms with E-state index in [1.54, 1.807) is 30.5 Å². The zero-order chi connectivity index (χ0) is 8.55. The van der Waals surface area contributed by atoms with Gasteiger partial charge in [0.1, 0.15) is 5.75 Å². The Morgan fingerprint density at radius 1 is 1.33 bits per heavy atom. The van der Waals surface area contributed by atoms with Crippen molar-refractivity contribution in [3.63, 3.8) is 0 Å². The third-order valence-electron chi connectivity index (χ3n) is 1.88. The molecule has 12 heavy (non-hydrogen) atoms. The fraction of sp³-hybridized carbons (Fsp3) is 0.111. The number of aromatic hydroxyl groups is 1. The molecule has 0 radical (unpaired) electrons. The SMILES string of the molecule is Oc1ccc2c(ccn2CF)c1. The van der Waals surface area contributed by atoms with Crippen molar-refractivity contribution in [2.75, 3.05) is 0 Å². The van der Waals surface area contributed by atoms with E-state index in [-0.39, 0.29) is 5.75 Å². The van der Waals surface area contributed by atoms with Gasteiger partial charge in [0.15, 0.2) is 6.80 Å². The van der Waals surface area contributed by atoms with E-state index >= 15 is 0 Å². The predicted molar refractivity (Wildman–Crippen MR) is 44.7 cm³/mol. The van der Waals surface area contributed by atoms with Crippen molar-refractivity contribution in [3.05, 3.63) is 30.5 Å². The Balaban J connectivity index is 2.73. The summed E-state index contributed by atoms with van der Waals surface area (Å²) >= 11 is 0. The molecule has 2 rings (SSSR count). The van der Waals surface area contributed by atoms with Crippen LogP contribution in [-0.2, 0) is 6.80 Å². The second-order valence-electron chi connectivity index (χ2n) is 2.65. The molecular formula is C9H8FNO. The number of fused-ring (bicyclic) bond motifs is 1. The molecule has 0 amide bonds. The Labute approximate surface area is 68.9 Å². The number of benzene rings is 1. The smallest absolute Gasteiger partial charge is 0.165 e. The number of rotatable bonds is 1. The molecule has 0 bridgehead atoms. The Morgan fingerprint density at radius 2 is 2.17 bits per heavy atom. The third-order valence-corrected chi connectivity index (χ3v) is 1.88. The lowest BCUT2D eigenvalue weighted by atomic mass is 10.2. The lowest BCUT2D eigenvalue weighted by molar-refractivity contribution is 0.386. The first-order chi connectivity index (χ1) is 5.81. The molecular weight excluding hydrogens is 157 g/mol. The molecule has 0 fully saturated rings. The quantitative estimate of drug-likeness (QED) is 0.689. The van der Waals surface area contributed by atoms with E-state index in [0.29, 0.717) is 0 Å². The van der Waals surface area contributed by atoms with Gasteiger partial charge in [-0.1, -0.05) is 0 Å². The summed E-state index contributed by atoms with van der Waals surface area (Å²) in [5.74, 6) is 0.208. The highest BCUT2D eigenvalue weighted by Gasteiger charge is 1.99. The minimum absolute atomic E-state index is 0.208. The standard InChI is InChI=1S/C9H8FNO/c10-6-11-4-3-7-5-8(12)1-2-9(7)11/h1-5,12H,6H2. The van der Waals surface area contributed by atoms with Crippen LogP contribution in [-0.4, -0.2) is 9.67 Å². The summed E-state index contributed by atoms with van der Waals surface area (Å²) in [6.07, 6.45) is 1.66. The number of hydrogen-bond acceptors (Lipinski definition) is 1. The fourth-order valence-corrected chi connectivity index (χ4v) is 1.29. The van der Waals surface area contributed by atoms with Gasteiger partial charge in [-0.3, -0.25) is 0 Å². The van der Waals surface area contributed by atoms with E-state index < -0.39 is 6.80 Å². The van der Waals surface area contributed by atoms with Gasteiger partial charge >= 0.3 is 0 Å². The van der Waals surface area contributed by atoms with E-state index in [2.05, 4.69) is 0 Å². The second kappa shape index (κ2) is 2.52. The van der Waals surface area contributed by atoms with Crippen molar-refractivity contribution in [1.82, 2.24) is 4.57 Å². The summed E-state index contributed by atoms with van der Waals surface area (Å²) in [6.45, 7) is -0.533. The van der Waals surface area contributed by atoms with Crippen molar-refractivity contribution in [3.8, 4) is 5.75 Å². The minimum atomic E-state index is -0.533. The molecule has 2 nitrogen and oxygen atoms in total. The van der Waals surface area contributed by atoms with Crippen molar-refractivity contribution in [1.29, 1.82) is 0 Å². The number of phenolic OH excluding ortho intramolecular Hbond substituents is 1. The summed E-state index contributed by atoms with van der Waals surface area (Å²) in [5.41, 5.74) is 0.801. The van der Waals surface area contributed by atoms with Gasteiger partial charge in [0.25, 0.3) is 0 Å². The van der Waals surface area contributed by atoms with Crippen molar-refractivity contribution in [2.45, 2.75) is 6.80 Å². The van der Waals surface area contributed by atoms with Gasteiger partial charge in [0.05, 0.1) is 5.52 Å². The molecule has 1 heterocycles. The van der Waals surface area contributed by atoms with Crippen molar-refractivity contribution in [2.24, 2.45) is 0 Å². The highest BCUT2D eigenvalue weighted by Crippen LogP contribution is 2.20. The Morgan fingerprint density at radius 3 is 2.92 bits per heavy atom. The largest absolute Gasteiger partial charge is 0.508 e. The van der Waals surface area contributed by atoms with Gasteiger partial charge in [-0.25, -0.2) is 4.39 Å². The molecule has 62 valence electrons. The molecule has 0 aliphatic rings. The molecule has 0 saturated carbocycles. The molecule has 3 heteroatoms. The zero-order valence-corrected chi connectivity index (χ0v) is 6.37. The third kappa shape index (κ3) is 0.942. The second-order valence-corrected chi connectivity index (χ2v) is 2.65. The van der Waals surface area contributed by atoms with Gasteiger partial charge < -0.3 is 9.67 Å². The lowest BCUT2D eigenvalue weighted by Crippen LogP contribution is -1.88. The Kier molecular flexibility index (Phi) is 1.50. The van der Waals surface area contributed by atoms with E-state index in [1.165, 1.54) is 4.57 Å². The fourth-order valence-electron chi connectivity index (χ4n) is 1.29. The first-order valence-corrected chi connectivity index (χ1v) is 3.65. The average molecular weight is 165 g/mol. The van der Waals surface area contributed by atoms with Gasteiger partial charge in [-0.15, -0.1) is 0 Å². The topological polar surface area (TPSA) is 25.2 Å². The van der Waals surface area contributed by atoms with Crippen LogP contribution >= 0.6 is 0 Å². The van der Waals surface area contributed by atoms with E-state index in [4.69, 9.17) is 5.11 Å². The van der Waals surface area contributed by atoms with Crippen LogP contribution in [0.4, 0.5) is 4.39 Å². The molecule has 0 atom stereocenters.